The zero-order valence-electron chi connectivity index (χ0n) is 17.7. The molecule has 0 spiro atoms. The van der Waals surface area contributed by atoms with Crippen LogP contribution in [0.4, 0.5) is 11.4 Å². The SMILES string of the molecule is CCc1cc(N=CN)ccc1N(C)C(C)CCC(C)NC.Cc1cccs1. The number of benzene rings is 1. The first-order valence-corrected chi connectivity index (χ1v) is 10.6. The maximum absolute atomic E-state index is 5.37. The third kappa shape index (κ3) is 8.14. The highest BCUT2D eigenvalue weighted by Gasteiger charge is 2.14. The number of hydrogen-bond acceptors (Lipinski definition) is 4. The maximum atomic E-state index is 5.37. The number of nitrogens with one attached hydrogen (secondary N) is 1. The molecular weight excluding hydrogens is 352 g/mol. The molecule has 27 heavy (non-hydrogen) atoms. The second kappa shape index (κ2) is 12.5. The molecule has 0 aliphatic carbocycles. The Morgan fingerprint density at radius 1 is 1.26 bits per heavy atom. The van der Waals surface area contributed by atoms with Gasteiger partial charge in [0.2, 0.25) is 0 Å². The summed E-state index contributed by atoms with van der Waals surface area (Å²) in [5.74, 6) is 0. The van der Waals surface area contributed by atoms with Crippen molar-refractivity contribution in [1.29, 1.82) is 0 Å². The molecule has 3 N–H and O–H groups in total. The van der Waals surface area contributed by atoms with Crippen LogP contribution in [-0.4, -0.2) is 32.5 Å². The lowest BCUT2D eigenvalue weighted by Gasteiger charge is -2.30. The van der Waals surface area contributed by atoms with Crippen molar-refractivity contribution >= 4 is 29.1 Å². The summed E-state index contributed by atoms with van der Waals surface area (Å²) < 4.78 is 0. The fourth-order valence-electron chi connectivity index (χ4n) is 2.79. The van der Waals surface area contributed by atoms with Gasteiger partial charge in [-0.15, -0.1) is 11.3 Å². The van der Waals surface area contributed by atoms with E-state index in [-0.39, 0.29) is 0 Å². The average molecular weight is 389 g/mol. The first-order valence-electron chi connectivity index (χ1n) is 9.70. The van der Waals surface area contributed by atoms with Crippen molar-refractivity contribution in [3.63, 3.8) is 0 Å². The summed E-state index contributed by atoms with van der Waals surface area (Å²) in [4.78, 5) is 7.91. The van der Waals surface area contributed by atoms with Gasteiger partial charge in [0.05, 0.1) is 12.0 Å². The van der Waals surface area contributed by atoms with Gasteiger partial charge in [-0.05, 0) is 82.3 Å². The van der Waals surface area contributed by atoms with Crippen molar-refractivity contribution < 1.29 is 0 Å². The van der Waals surface area contributed by atoms with Gasteiger partial charge in [0.15, 0.2) is 0 Å². The molecule has 1 aromatic heterocycles. The number of nitrogens with zero attached hydrogens (tertiary/aromatic N) is 2. The van der Waals surface area contributed by atoms with Gasteiger partial charge in [0, 0.05) is 29.7 Å². The molecule has 0 aliphatic rings. The van der Waals surface area contributed by atoms with Gasteiger partial charge in [-0.25, -0.2) is 4.99 Å². The Bertz CT molecular complexity index is 667. The number of anilines is 1. The van der Waals surface area contributed by atoms with E-state index in [2.05, 4.69) is 79.6 Å². The molecule has 2 atom stereocenters. The molecule has 0 saturated carbocycles. The van der Waals surface area contributed by atoms with Crippen molar-refractivity contribution in [2.24, 2.45) is 10.7 Å². The first-order chi connectivity index (χ1) is 12.9. The summed E-state index contributed by atoms with van der Waals surface area (Å²) in [5, 5.41) is 5.38. The quantitative estimate of drug-likeness (QED) is 0.486. The lowest BCUT2D eigenvalue weighted by Crippen LogP contribution is -2.32. The van der Waals surface area contributed by atoms with Crippen LogP contribution in [0.15, 0.2) is 40.7 Å². The summed E-state index contributed by atoms with van der Waals surface area (Å²) in [6.07, 6.45) is 4.69. The summed E-state index contributed by atoms with van der Waals surface area (Å²) >= 11 is 1.78. The molecule has 0 fully saturated rings. The standard InChI is InChI=1S/C17H30N4.C5H6S/c1-6-15-11-16(20-12-18)9-10-17(15)21(5)14(3)8-7-13(2)19-4;1-5-3-2-4-6-5/h9-14,19H,6-8H2,1-5H3,(H2,18,20);2-4H,1H3. The maximum Gasteiger partial charge on any atom is 0.0860 e. The lowest BCUT2D eigenvalue weighted by atomic mass is 10.0. The smallest absolute Gasteiger partial charge is 0.0860 e. The van der Waals surface area contributed by atoms with Gasteiger partial charge in [-0.2, -0.15) is 0 Å². The summed E-state index contributed by atoms with van der Waals surface area (Å²) in [6.45, 7) is 8.79. The van der Waals surface area contributed by atoms with Crippen LogP contribution < -0.4 is 16.0 Å². The van der Waals surface area contributed by atoms with Crippen LogP contribution in [0.3, 0.4) is 0 Å². The van der Waals surface area contributed by atoms with Crippen LogP contribution in [0.2, 0.25) is 0 Å². The fourth-order valence-corrected chi connectivity index (χ4v) is 3.32. The van der Waals surface area contributed by atoms with Gasteiger partial charge in [-0.3, -0.25) is 0 Å². The molecule has 150 valence electrons. The molecule has 2 aromatic rings. The zero-order valence-corrected chi connectivity index (χ0v) is 18.5. The van der Waals surface area contributed by atoms with Gasteiger partial charge < -0.3 is 16.0 Å². The Kier molecular flexibility index (Phi) is 10.8. The predicted molar refractivity (Wildman–Crippen MR) is 123 cm³/mol. The molecule has 0 saturated heterocycles. The summed E-state index contributed by atoms with van der Waals surface area (Å²) in [7, 11) is 4.19. The zero-order chi connectivity index (χ0) is 20.2. The van der Waals surface area contributed by atoms with Crippen molar-refractivity contribution in [2.45, 2.75) is 59.0 Å². The van der Waals surface area contributed by atoms with Crippen LogP contribution in [0.1, 0.15) is 44.1 Å². The first kappa shape index (κ1) is 23.2. The number of rotatable bonds is 8. The average Bonchev–Trinajstić information content (AvgIpc) is 3.16. The van der Waals surface area contributed by atoms with Crippen LogP contribution in [0.25, 0.3) is 0 Å². The number of aliphatic imine (C=N–C) groups is 1. The van der Waals surface area contributed by atoms with Crippen molar-refractivity contribution in [1.82, 2.24) is 5.32 Å². The number of thiophene rings is 1. The van der Waals surface area contributed by atoms with E-state index in [4.69, 9.17) is 5.73 Å². The molecule has 0 radical (unpaired) electrons. The van der Waals surface area contributed by atoms with Crippen LogP contribution in [-0.2, 0) is 6.42 Å². The van der Waals surface area contributed by atoms with E-state index in [1.807, 2.05) is 13.1 Å². The Morgan fingerprint density at radius 2 is 2.00 bits per heavy atom. The Morgan fingerprint density at radius 3 is 2.48 bits per heavy atom. The van der Waals surface area contributed by atoms with Gasteiger partial charge in [0.25, 0.3) is 0 Å². The summed E-state index contributed by atoms with van der Waals surface area (Å²) in [6, 6.07) is 11.5. The molecule has 2 unspecified atom stereocenters. The minimum Gasteiger partial charge on any atom is -0.390 e. The number of nitrogens with two attached hydrogens (primary N) is 1. The third-order valence-corrected chi connectivity index (χ3v) is 5.68. The predicted octanol–water partition coefficient (Wildman–Crippen LogP) is 5.14. The minimum atomic E-state index is 0.509. The normalized spacial score (nSPS) is 13.1. The lowest BCUT2D eigenvalue weighted by molar-refractivity contribution is 0.499. The van der Waals surface area contributed by atoms with Crippen LogP contribution in [0.5, 0.6) is 0 Å². The van der Waals surface area contributed by atoms with Crippen LogP contribution in [0, 0.1) is 6.92 Å². The highest BCUT2D eigenvalue weighted by atomic mass is 32.1. The molecule has 1 heterocycles. The van der Waals surface area contributed by atoms with E-state index in [0.717, 1.165) is 12.1 Å². The van der Waals surface area contributed by atoms with E-state index in [1.54, 1.807) is 11.3 Å². The van der Waals surface area contributed by atoms with E-state index in [0.29, 0.717) is 12.1 Å². The summed E-state index contributed by atoms with van der Waals surface area (Å²) in [5.41, 5.74) is 8.89. The molecule has 1 aromatic carbocycles. The molecular formula is C22H36N4S. The van der Waals surface area contributed by atoms with E-state index >= 15 is 0 Å². The molecule has 0 amide bonds. The topological polar surface area (TPSA) is 53.6 Å². The van der Waals surface area contributed by atoms with Gasteiger partial charge >= 0.3 is 0 Å². The fraction of sp³-hybridized carbons (Fsp3) is 0.500. The largest absolute Gasteiger partial charge is 0.390 e. The molecule has 0 aliphatic heterocycles. The number of hydrogen-bond donors (Lipinski definition) is 2. The highest BCUT2D eigenvalue weighted by Crippen LogP contribution is 2.27. The molecule has 0 bridgehead atoms. The highest BCUT2D eigenvalue weighted by molar-refractivity contribution is 7.09. The van der Waals surface area contributed by atoms with E-state index in [9.17, 15) is 0 Å². The monoisotopic (exact) mass is 388 g/mol. The number of aryl methyl sites for hydroxylation is 2. The second-order valence-electron chi connectivity index (χ2n) is 6.90. The Labute approximate surface area is 169 Å². The molecule has 5 heteroatoms. The van der Waals surface area contributed by atoms with Crippen molar-refractivity contribution in [3.05, 3.63) is 46.2 Å². The van der Waals surface area contributed by atoms with Crippen molar-refractivity contribution in [3.8, 4) is 0 Å². The molecule has 2 rings (SSSR count). The molecule has 4 nitrogen and oxygen atoms in total. The third-order valence-electron chi connectivity index (χ3n) is 4.88. The van der Waals surface area contributed by atoms with E-state index < -0.39 is 0 Å². The van der Waals surface area contributed by atoms with E-state index in [1.165, 1.54) is 35.3 Å². The Hall–Kier alpha value is -1.85. The van der Waals surface area contributed by atoms with Crippen LogP contribution >= 0.6 is 11.3 Å². The minimum absolute atomic E-state index is 0.509. The van der Waals surface area contributed by atoms with Gasteiger partial charge in [-0.1, -0.05) is 13.0 Å². The second-order valence-corrected chi connectivity index (χ2v) is 8.05. The van der Waals surface area contributed by atoms with Crippen molar-refractivity contribution in [2.75, 3.05) is 19.0 Å². The van der Waals surface area contributed by atoms with Gasteiger partial charge in [0.1, 0.15) is 0 Å². The Balaban J connectivity index is 0.000000511.